The first kappa shape index (κ1) is 27.3. The predicted molar refractivity (Wildman–Crippen MR) is 170 cm³/mol. The standard InChI is InChI=1S/C35H41NP2/c1-27(2)34-23-11-12-24-35(34)36(37(30-17-7-5-8-18-30)32-21-13-15-28(3)25-32)38(31-19-9-6-10-20-31)33-22-14-16-29(4)26-33/h5-10,13-22,25-27,34-35H,11-12,23-24H2,1-4H3. The predicted octanol–water partition coefficient (Wildman–Crippen LogP) is 8.22. The maximum Gasteiger partial charge on any atom is 0.0326 e. The summed E-state index contributed by atoms with van der Waals surface area (Å²) in [6.45, 7) is 9.39. The monoisotopic (exact) mass is 537 g/mol. The summed E-state index contributed by atoms with van der Waals surface area (Å²) in [6, 6.07) is 42.0. The molecule has 0 N–H and O–H groups in total. The molecule has 1 fully saturated rings. The van der Waals surface area contributed by atoms with Crippen LogP contribution in [0.4, 0.5) is 0 Å². The Kier molecular flexibility index (Phi) is 9.12. The summed E-state index contributed by atoms with van der Waals surface area (Å²) in [5.41, 5.74) is 2.68. The molecular weight excluding hydrogens is 496 g/mol. The fourth-order valence-electron chi connectivity index (χ4n) is 6.02. The first-order chi connectivity index (χ1) is 18.5. The van der Waals surface area contributed by atoms with Crippen molar-refractivity contribution in [3.05, 3.63) is 120 Å². The average Bonchev–Trinajstić information content (AvgIpc) is 2.94. The number of benzene rings is 4. The first-order valence-corrected chi connectivity index (χ1v) is 16.7. The SMILES string of the molecule is Cc1cccc(P(c2ccccc2)N(C2CCCCC2C(C)C)P(c2ccccc2)c2cccc(C)c2)c1. The molecule has 38 heavy (non-hydrogen) atoms. The summed E-state index contributed by atoms with van der Waals surface area (Å²) in [7, 11) is -1.48. The van der Waals surface area contributed by atoms with Gasteiger partial charge in [-0.2, -0.15) is 0 Å². The summed E-state index contributed by atoms with van der Waals surface area (Å²) in [6.07, 6.45) is 5.28. The van der Waals surface area contributed by atoms with E-state index in [9.17, 15) is 0 Å². The second-order valence-corrected chi connectivity index (χ2v) is 15.5. The van der Waals surface area contributed by atoms with Crippen LogP contribution in [0, 0.1) is 25.7 Å². The van der Waals surface area contributed by atoms with Crippen LogP contribution in [0.5, 0.6) is 0 Å². The van der Waals surface area contributed by atoms with Gasteiger partial charge in [0, 0.05) is 22.2 Å². The highest BCUT2D eigenvalue weighted by Crippen LogP contribution is 2.59. The van der Waals surface area contributed by atoms with Crippen LogP contribution in [0.3, 0.4) is 0 Å². The van der Waals surface area contributed by atoms with Gasteiger partial charge < -0.3 is 0 Å². The van der Waals surface area contributed by atoms with Gasteiger partial charge >= 0.3 is 0 Å². The number of aryl methyl sites for hydroxylation is 2. The van der Waals surface area contributed by atoms with Crippen molar-refractivity contribution in [1.82, 2.24) is 4.44 Å². The number of hydrogen-bond donors (Lipinski definition) is 0. The molecule has 1 nitrogen and oxygen atoms in total. The van der Waals surface area contributed by atoms with E-state index >= 15 is 0 Å². The summed E-state index contributed by atoms with van der Waals surface area (Å²) >= 11 is 0. The van der Waals surface area contributed by atoms with E-state index in [1.807, 2.05) is 0 Å². The summed E-state index contributed by atoms with van der Waals surface area (Å²) in [5.74, 6) is 1.36. The molecule has 5 rings (SSSR count). The molecule has 4 aromatic carbocycles. The Balaban J connectivity index is 1.80. The zero-order chi connectivity index (χ0) is 26.5. The summed E-state index contributed by atoms with van der Waals surface area (Å²) in [4.78, 5) is 0. The zero-order valence-corrected chi connectivity index (χ0v) is 25.1. The van der Waals surface area contributed by atoms with Crippen molar-refractivity contribution in [2.75, 3.05) is 0 Å². The van der Waals surface area contributed by atoms with Crippen molar-refractivity contribution < 1.29 is 0 Å². The van der Waals surface area contributed by atoms with Crippen molar-refractivity contribution in [1.29, 1.82) is 0 Å². The van der Waals surface area contributed by atoms with E-state index in [0.29, 0.717) is 17.9 Å². The van der Waals surface area contributed by atoms with E-state index in [1.165, 1.54) is 58.0 Å². The first-order valence-electron chi connectivity index (χ1n) is 14.2. The Morgan fingerprint density at radius 2 is 1.03 bits per heavy atom. The van der Waals surface area contributed by atoms with E-state index in [1.54, 1.807) is 0 Å². The molecule has 1 aliphatic rings. The molecule has 0 radical (unpaired) electrons. The van der Waals surface area contributed by atoms with Crippen LogP contribution in [-0.2, 0) is 0 Å². The molecule has 0 saturated heterocycles. The van der Waals surface area contributed by atoms with Gasteiger partial charge in [-0.15, -0.1) is 0 Å². The third kappa shape index (κ3) is 6.13. The van der Waals surface area contributed by atoms with Gasteiger partial charge in [0.1, 0.15) is 0 Å². The van der Waals surface area contributed by atoms with Gasteiger partial charge in [-0.25, -0.2) is 4.44 Å². The molecule has 1 saturated carbocycles. The van der Waals surface area contributed by atoms with Crippen LogP contribution < -0.4 is 21.2 Å². The largest absolute Gasteiger partial charge is 0.241 e. The molecule has 4 unspecified atom stereocenters. The molecule has 4 atom stereocenters. The number of rotatable bonds is 8. The maximum atomic E-state index is 3.06. The van der Waals surface area contributed by atoms with Gasteiger partial charge in [0.25, 0.3) is 0 Å². The summed E-state index contributed by atoms with van der Waals surface area (Å²) in [5, 5.41) is 5.85. The third-order valence-electron chi connectivity index (χ3n) is 7.84. The molecule has 0 amide bonds. The molecule has 0 heterocycles. The molecule has 196 valence electrons. The Hall–Kier alpha value is -2.30. The lowest BCUT2D eigenvalue weighted by Crippen LogP contribution is -2.45. The van der Waals surface area contributed by atoms with Crippen molar-refractivity contribution in [2.45, 2.75) is 59.4 Å². The highest BCUT2D eigenvalue weighted by atomic mass is 31.2. The molecule has 1 aliphatic carbocycles. The summed E-state index contributed by atoms with van der Waals surface area (Å²) < 4.78 is 3.06. The van der Waals surface area contributed by atoms with E-state index in [-0.39, 0.29) is 0 Å². The number of nitrogens with zero attached hydrogens (tertiary/aromatic N) is 1. The highest BCUT2D eigenvalue weighted by Gasteiger charge is 2.41. The van der Waals surface area contributed by atoms with Gasteiger partial charge in [-0.05, 0) is 71.9 Å². The minimum Gasteiger partial charge on any atom is -0.241 e. The molecular formula is C35H41NP2. The van der Waals surface area contributed by atoms with Gasteiger partial charge in [-0.1, -0.05) is 135 Å². The van der Waals surface area contributed by atoms with Gasteiger partial charge in [0.05, 0.1) is 0 Å². The van der Waals surface area contributed by atoms with E-state index in [2.05, 4.69) is 141 Å². The van der Waals surface area contributed by atoms with Crippen LogP contribution in [-0.4, -0.2) is 10.5 Å². The molecule has 0 bridgehead atoms. The number of hydrogen-bond acceptors (Lipinski definition) is 1. The van der Waals surface area contributed by atoms with Crippen LogP contribution in [0.2, 0.25) is 0 Å². The fourth-order valence-corrected chi connectivity index (χ4v) is 12.7. The van der Waals surface area contributed by atoms with E-state index < -0.39 is 16.1 Å². The topological polar surface area (TPSA) is 3.24 Å². The van der Waals surface area contributed by atoms with Crippen molar-refractivity contribution in [3.8, 4) is 0 Å². The van der Waals surface area contributed by atoms with Crippen molar-refractivity contribution in [3.63, 3.8) is 0 Å². The van der Waals surface area contributed by atoms with Crippen molar-refractivity contribution >= 4 is 37.4 Å². The Morgan fingerprint density at radius 1 is 0.579 bits per heavy atom. The second kappa shape index (κ2) is 12.7. The van der Waals surface area contributed by atoms with Crippen LogP contribution >= 0.6 is 16.1 Å². The molecule has 0 spiro atoms. The zero-order valence-electron chi connectivity index (χ0n) is 23.3. The lowest BCUT2D eigenvalue weighted by molar-refractivity contribution is 0.191. The lowest BCUT2D eigenvalue weighted by Gasteiger charge is -2.49. The smallest absolute Gasteiger partial charge is 0.0326 e. The van der Waals surface area contributed by atoms with E-state index in [0.717, 1.165) is 0 Å². The molecule has 0 aromatic heterocycles. The van der Waals surface area contributed by atoms with Crippen LogP contribution in [0.15, 0.2) is 109 Å². The molecule has 4 aromatic rings. The highest BCUT2D eigenvalue weighted by molar-refractivity contribution is 7.84. The van der Waals surface area contributed by atoms with Gasteiger partial charge in [0.15, 0.2) is 0 Å². The Labute approximate surface area is 232 Å². The van der Waals surface area contributed by atoms with Gasteiger partial charge in [-0.3, -0.25) is 0 Å². The average molecular weight is 538 g/mol. The Bertz CT molecular complexity index is 1210. The quantitative estimate of drug-likeness (QED) is 0.205. The normalized spacial score (nSPS) is 19.4. The minimum atomic E-state index is -0.739. The maximum absolute atomic E-state index is 3.06. The molecule has 3 heteroatoms. The molecule has 0 aliphatic heterocycles. The van der Waals surface area contributed by atoms with Crippen molar-refractivity contribution in [2.24, 2.45) is 11.8 Å². The Morgan fingerprint density at radius 3 is 1.47 bits per heavy atom. The van der Waals surface area contributed by atoms with Crippen LogP contribution in [0.25, 0.3) is 0 Å². The fraction of sp³-hybridized carbons (Fsp3) is 0.314. The van der Waals surface area contributed by atoms with Crippen LogP contribution in [0.1, 0.15) is 50.7 Å². The van der Waals surface area contributed by atoms with E-state index in [4.69, 9.17) is 0 Å². The minimum absolute atomic E-state index is 0.544. The third-order valence-corrected chi connectivity index (χ3v) is 13.4. The lowest BCUT2D eigenvalue weighted by atomic mass is 9.78. The van der Waals surface area contributed by atoms with Gasteiger partial charge in [0.2, 0.25) is 0 Å². The second-order valence-electron chi connectivity index (χ2n) is 11.1.